The van der Waals surface area contributed by atoms with Crippen LogP contribution in [-0.4, -0.2) is 10.8 Å². The van der Waals surface area contributed by atoms with Crippen LogP contribution in [0.4, 0.5) is 0 Å². The van der Waals surface area contributed by atoms with Crippen LogP contribution < -0.4 is 4.74 Å². The van der Waals surface area contributed by atoms with Gasteiger partial charge in [0.05, 0.1) is 4.47 Å². The Hall–Kier alpha value is -1.85. The van der Waals surface area contributed by atoms with E-state index in [2.05, 4.69) is 42.9 Å². The summed E-state index contributed by atoms with van der Waals surface area (Å²) < 4.78 is 7.82. The monoisotopic (exact) mass is 459 g/mol. The van der Waals surface area contributed by atoms with Gasteiger partial charge in [0.25, 0.3) is 0 Å². The van der Waals surface area contributed by atoms with E-state index >= 15 is 0 Å². The third kappa shape index (κ3) is 2.66. The zero-order valence-corrected chi connectivity index (χ0v) is 16.9. The van der Waals surface area contributed by atoms with Gasteiger partial charge in [-0.1, -0.05) is 34.1 Å². The number of allylic oxidation sites excluding steroid dienone is 2. The van der Waals surface area contributed by atoms with Gasteiger partial charge in [-0.3, -0.25) is 4.79 Å². The minimum atomic E-state index is -0.175. The van der Waals surface area contributed by atoms with Gasteiger partial charge in [0.2, 0.25) is 0 Å². The van der Waals surface area contributed by atoms with Crippen molar-refractivity contribution in [3.8, 4) is 5.75 Å². The topological polar surface area (TPSA) is 42.1 Å². The molecule has 1 unspecified atom stereocenters. The van der Waals surface area contributed by atoms with Crippen molar-refractivity contribution in [1.29, 1.82) is 0 Å². The van der Waals surface area contributed by atoms with E-state index in [1.165, 1.54) is 0 Å². The Morgan fingerprint density at radius 1 is 1.16 bits per heavy atom. The fourth-order valence-corrected chi connectivity index (χ4v) is 4.92. The molecule has 0 spiro atoms. The van der Waals surface area contributed by atoms with Gasteiger partial charge in [-0.05, 0) is 53.5 Å². The fourth-order valence-electron chi connectivity index (χ4n) is 3.58. The smallest absolute Gasteiger partial charge is 0.160 e. The van der Waals surface area contributed by atoms with Crippen LogP contribution in [0.25, 0.3) is 10.9 Å². The first-order valence-corrected chi connectivity index (χ1v) is 9.50. The molecule has 2 aromatic carbocycles. The van der Waals surface area contributed by atoms with Crippen LogP contribution in [0.3, 0.4) is 0 Å². The number of ketones is 1. The third-order valence-electron chi connectivity index (χ3n) is 4.58. The maximum atomic E-state index is 12.5. The van der Waals surface area contributed by atoms with Crippen molar-refractivity contribution in [2.75, 3.05) is 0 Å². The van der Waals surface area contributed by atoms with Gasteiger partial charge in [-0.15, -0.1) is 0 Å². The number of fused-ring (bicyclic) bond motifs is 2. The minimum absolute atomic E-state index is 0.0227. The van der Waals surface area contributed by atoms with Crippen molar-refractivity contribution in [2.45, 2.75) is 19.8 Å². The van der Waals surface area contributed by atoms with E-state index in [4.69, 9.17) is 4.74 Å². The van der Waals surface area contributed by atoms with Crippen molar-refractivity contribution in [1.82, 2.24) is 4.98 Å². The number of aromatic nitrogens is 1. The minimum Gasteiger partial charge on any atom is -0.460 e. The molecule has 0 aliphatic carbocycles. The van der Waals surface area contributed by atoms with Crippen LogP contribution in [0.15, 0.2) is 62.9 Å². The molecule has 2 heterocycles. The molecule has 3 nitrogen and oxygen atoms in total. The second kappa shape index (κ2) is 6.15. The van der Waals surface area contributed by atoms with E-state index in [0.717, 1.165) is 36.7 Å². The molecular formula is C20H15Br2NO2. The summed E-state index contributed by atoms with van der Waals surface area (Å²) in [6, 6.07) is 12.1. The largest absolute Gasteiger partial charge is 0.460 e. The molecule has 5 heteroatoms. The van der Waals surface area contributed by atoms with Gasteiger partial charge in [0.15, 0.2) is 5.78 Å². The van der Waals surface area contributed by atoms with Crippen LogP contribution in [-0.2, 0) is 4.79 Å². The Kier molecular flexibility index (Phi) is 4.08. The van der Waals surface area contributed by atoms with Gasteiger partial charge in [-0.2, -0.15) is 0 Å². The first kappa shape index (κ1) is 16.6. The average Bonchev–Trinajstić information content (AvgIpc) is 2.98. The molecule has 0 saturated carbocycles. The fraction of sp³-hybridized carbons (Fsp3) is 0.150. The quantitative estimate of drug-likeness (QED) is 0.503. The van der Waals surface area contributed by atoms with Crippen molar-refractivity contribution >= 4 is 48.5 Å². The molecule has 0 amide bonds. The lowest BCUT2D eigenvalue weighted by Crippen LogP contribution is -2.20. The molecule has 3 aromatic rings. The molecule has 4 rings (SSSR count). The molecule has 1 atom stereocenters. The number of carbonyl (C=O) groups is 1. The number of nitrogens with one attached hydrogen (secondary N) is 1. The van der Waals surface area contributed by atoms with Crippen molar-refractivity contribution in [3.05, 3.63) is 74.0 Å². The van der Waals surface area contributed by atoms with Gasteiger partial charge >= 0.3 is 0 Å². The van der Waals surface area contributed by atoms with Crippen molar-refractivity contribution < 1.29 is 9.53 Å². The normalized spacial score (nSPS) is 16.7. The van der Waals surface area contributed by atoms with Crippen LogP contribution >= 0.6 is 31.9 Å². The number of Topliss-reactive ketones (excluding diaryl/α,β-unsaturated/α-hetero) is 1. The lowest BCUT2D eigenvalue weighted by atomic mass is 9.80. The van der Waals surface area contributed by atoms with E-state index in [0.29, 0.717) is 11.3 Å². The maximum absolute atomic E-state index is 12.5. The number of halogens is 2. The standard InChI is InChI=1S/C20H15Br2NO2/c1-10(24)18-11(2)25-20-14(7-12(21)8-16(20)22)19(18)15-9-23-17-6-4-3-5-13(15)17/h3-9,19,23H,1-2H3. The second-order valence-corrected chi connectivity index (χ2v) is 7.93. The molecule has 1 aliphatic rings. The van der Waals surface area contributed by atoms with Gasteiger partial charge in [-0.25, -0.2) is 0 Å². The average molecular weight is 461 g/mol. The SMILES string of the molecule is CC(=O)C1=C(C)Oc2c(Br)cc(Br)cc2C1c1c[nH]c2ccccc12. The number of para-hydroxylation sites is 1. The number of carbonyl (C=O) groups excluding carboxylic acids is 1. The number of rotatable bonds is 2. The van der Waals surface area contributed by atoms with E-state index in [-0.39, 0.29) is 11.7 Å². The highest BCUT2D eigenvalue weighted by atomic mass is 79.9. The molecule has 0 bridgehead atoms. The zero-order chi connectivity index (χ0) is 17.7. The maximum Gasteiger partial charge on any atom is 0.160 e. The summed E-state index contributed by atoms with van der Waals surface area (Å²) in [4.78, 5) is 15.8. The lowest BCUT2D eigenvalue weighted by molar-refractivity contribution is -0.114. The lowest BCUT2D eigenvalue weighted by Gasteiger charge is -2.29. The number of benzene rings is 2. The van der Waals surface area contributed by atoms with Crippen molar-refractivity contribution in [3.63, 3.8) is 0 Å². The Morgan fingerprint density at radius 3 is 2.68 bits per heavy atom. The predicted molar refractivity (Wildman–Crippen MR) is 106 cm³/mol. The van der Waals surface area contributed by atoms with Gasteiger partial charge < -0.3 is 9.72 Å². The Bertz CT molecular complexity index is 1050. The highest BCUT2D eigenvalue weighted by Crippen LogP contribution is 2.48. The van der Waals surface area contributed by atoms with Crippen molar-refractivity contribution in [2.24, 2.45) is 0 Å². The molecule has 1 aromatic heterocycles. The number of aromatic amines is 1. The predicted octanol–water partition coefficient (Wildman–Crippen LogP) is 6.08. The highest BCUT2D eigenvalue weighted by Gasteiger charge is 2.34. The third-order valence-corrected chi connectivity index (χ3v) is 5.63. The molecule has 1 N–H and O–H groups in total. The summed E-state index contributed by atoms with van der Waals surface area (Å²) in [5.41, 5.74) is 3.80. The van der Waals surface area contributed by atoms with Crippen LogP contribution in [0.2, 0.25) is 0 Å². The van der Waals surface area contributed by atoms with E-state index in [9.17, 15) is 4.79 Å². The Labute approximate surface area is 162 Å². The summed E-state index contributed by atoms with van der Waals surface area (Å²) in [6.45, 7) is 3.46. The molecule has 126 valence electrons. The highest BCUT2D eigenvalue weighted by molar-refractivity contribution is 9.11. The molecule has 0 saturated heterocycles. The number of hydrogen-bond acceptors (Lipinski definition) is 2. The summed E-state index contributed by atoms with van der Waals surface area (Å²) in [7, 11) is 0. The van der Waals surface area contributed by atoms with E-state index < -0.39 is 0 Å². The molecule has 25 heavy (non-hydrogen) atoms. The second-order valence-electron chi connectivity index (χ2n) is 6.16. The number of ether oxygens (including phenoxy) is 1. The van der Waals surface area contributed by atoms with Crippen LogP contribution in [0.1, 0.15) is 30.9 Å². The summed E-state index contributed by atoms with van der Waals surface area (Å²) in [6.07, 6.45) is 2.00. The summed E-state index contributed by atoms with van der Waals surface area (Å²) in [5.74, 6) is 1.26. The zero-order valence-electron chi connectivity index (χ0n) is 13.7. The number of hydrogen-bond donors (Lipinski definition) is 1. The first-order chi connectivity index (χ1) is 12.0. The van der Waals surface area contributed by atoms with Gasteiger partial charge in [0, 0.05) is 38.6 Å². The Morgan fingerprint density at radius 2 is 1.92 bits per heavy atom. The van der Waals surface area contributed by atoms with Crippen LogP contribution in [0.5, 0.6) is 5.75 Å². The molecule has 1 aliphatic heterocycles. The molecule has 0 radical (unpaired) electrons. The van der Waals surface area contributed by atoms with Crippen LogP contribution in [0, 0.1) is 0 Å². The first-order valence-electron chi connectivity index (χ1n) is 7.92. The van der Waals surface area contributed by atoms with E-state index in [1.807, 2.05) is 43.5 Å². The summed E-state index contributed by atoms with van der Waals surface area (Å²) >= 11 is 7.15. The molecule has 0 fully saturated rings. The Balaban J connectivity index is 2.06. The molecular weight excluding hydrogens is 446 g/mol. The van der Waals surface area contributed by atoms with E-state index in [1.54, 1.807) is 6.92 Å². The number of H-pyrrole nitrogens is 1. The van der Waals surface area contributed by atoms with Gasteiger partial charge in [0.1, 0.15) is 11.5 Å². The summed E-state index contributed by atoms with van der Waals surface area (Å²) in [5, 5.41) is 1.11.